The van der Waals surface area contributed by atoms with Gasteiger partial charge in [0, 0.05) is 13.0 Å². The van der Waals surface area contributed by atoms with Crippen LogP contribution in [-0.2, 0) is 17.8 Å². The van der Waals surface area contributed by atoms with Crippen molar-refractivity contribution in [2.24, 2.45) is 5.73 Å². The molecule has 1 aliphatic rings. The third-order valence-corrected chi connectivity index (χ3v) is 4.09. The van der Waals surface area contributed by atoms with Gasteiger partial charge in [-0.05, 0) is 26.2 Å². The maximum absolute atomic E-state index is 12.1. The van der Waals surface area contributed by atoms with Gasteiger partial charge in [-0.1, -0.05) is 26.2 Å². The van der Waals surface area contributed by atoms with E-state index >= 15 is 0 Å². The van der Waals surface area contributed by atoms with Crippen LogP contribution in [0, 0.1) is 0 Å². The van der Waals surface area contributed by atoms with Crippen molar-refractivity contribution in [3.8, 4) is 0 Å². The minimum atomic E-state index is -0.432. The summed E-state index contributed by atoms with van der Waals surface area (Å²) in [5.41, 5.74) is 5.91. The van der Waals surface area contributed by atoms with Gasteiger partial charge >= 0.3 is 0 Å². The average molecular weight is 293 g/mol. The number of aryl methyl sites for hydroxylation is 1. The summed E-state index contributed by atoms with van der Waals surface area (Å²) in [6.45, 7) is 4.99. The lowest BCUT2D eigenvalue weighted by atomic mass is 10.1. The number of nitrogens with two attached hydrogens (primary N) is 1. The van der Waals surface area contributed by atoms with Crippen LogP contribution in [-0.4, -0.2) is 26.7 Å². The molecule has 6 heteroatoms. The molecule has 1 amide bonds. The molecule has 0 saturated carbocycles. The summed E-state index contributed by atoms with van der Waals surface area (Å²) < 4.78 is 2.16. The molecular weight excluding hydrogens is 266 g/mol. The van der Waals surface area contributed by atoms with E-state index in [0.29, 0.717) is 0 Å². The van der Waals surface area contributed by atoms with Crippen LogP contribution in [0.4, 0.5) is 0 Å². The molecule has 1 aromatic rings. The van der Waals surface area contributed by atoms with Gasteiger partial charge in [-0.2, -0.15) is 0 Å². The molecule has 2 unspecified atom stereocenters. The summed E-state index contributed by atoms with van der Waals surface area (Å²) in [6.07, 6.45) is 7.27. The van der Waals surface area contributed by atoms with Crippen LogP contribution in [0.1, 0.15) is 70.1 Å². The van der Waals surface area contributed by atoms with Crippen LogP contribution in [0.3, 0.4) is 0 Å². The van der Waals surface area contributed by atoms with Gasteiger partial charge < -0.3 is 15.6 Å². The summed E-state index contributed by atoms with van der Waals surface area (Å²) >= 11 is 0. The SMILES string of the molecule is CCCCC(N)C(=O)NC(C)c1nnc2n1CCCCC2. The Bertz CT molecular complexity index is 471. The Morgan fingerprint density at radius 2 is 2.19 bits per heavy atom. The standard InChI is InChI=1S/C15H27N5O/c1-3-4-8-12(16)15(21)17-11(2)14-19-18-13-9-6-5-7-10-20(13)14/h11-12H,3-10,16H2,1-2H3,(H,17,21). The molecule has 6 nitrogen and oxygen atoms in total. The number of carbonyl (C=O) groups is 1. The van der Waals surface area contributed by atoms with E-state index in [1.165, 1.54) is 12.8 Å². The Kier molecular flexibility index (Phi) is 5.73. The zero-order valence-corrected chi connectivity index (χ0v) is 13.1. The molecule has 2 heterocycles. The van der Waals surface area contributed by atoms with Crippen LogP contribution in [0.15, 0.2) is 0 Å². The number of nitrogens with one attached hydrogen (secondary N) is 1. The minimum Gasteiger partial charge on any atom is -0.345 e. The lowest BCUT2D eigenvalue weighted by Crippen LogP contribution is -2.42. The monoisotopic (exact) mass is 293 g/mol. The number of rotatable bonds is 6. The highest BCUT2D eigenvalue weighted by atomic mass is 16.2. The molecule has 0 aromatic carbocycles. The molecule has 0 spiro atoms. The summed E-state index contributed by atoms with van der Waals surface area (Å²) in [5, 5.41) is 11.5. The molecule has 3 N–H and O–H groups in total. The van der Waals surface area contributed by atoms with E-state index in [1.54, 1.807) is 0 Å². The first kappa shape index (κ1) is 15.9. The van der Waals surface area contributed by atoms with E-state index in [9.17, 15) is 4.79 Å². The lowest BCUT2D eigenvalue weighted by Gasteiger charge is -2.18. The topological polar surface area (TPSA) is 85.8 Å². The first-order valence-electron chi connectivity index (χ1n) is 8.11. The first-order valence-corrected chi connectivity index (χ1v) is 8.11. The summed E-state index contributed by atoms with van der Waals surface area (Å²) in [7, 11) is 0. The fourth-order valence-electron chi connectivity index (χ4n) is 2.77. The third kappa shape index (κ3) is 4.03. The number of amides is 1. The molecular formula is C15H27N5O. The van der Waals surface area contributed by atoms with Crippen LogP contribution < -0.4 is 11.1 Å². The quantitative estimate of drug-likeness (QED) is 0.836. The van der Waals surface area contributed by atoms with Gasteiger partial charge in [-0.25, -0.2) is 0 Å². The minimum absolute atomic E-state index is 0.0954. The van der Waals surface area contributed by atoms with Crippen LogP contribution in [0.2, 0.25) is 0 Å². The molecule has 0 fully saturated rings. The highest BCUT2D eigenvalue weighted by molar-refractivity contribution is 5.81. The second-order valence-corrected chi connectivity index (χ2v) is 5.92. The van der Waals surface area contributed by atoms with Crippen molar-refractivity contribution in [3.05, 3.63) is 11.6 Å². The summed E-state index contributed by atoms with van der Waals surface area (Å²) in [5.74, 6) is 1.80. The largest absolute Gasteiger partial charge is 0.345 e. The summed E-state index contributed by atoms with van der Waals surface area (Å²) in [6, 6.07) is -0.580. The van der Waals surface area contributed by atoms with Crippen molar-refractivity contribution in [1.29, 1.82) is 0 Å². The molecule has 21 heavy (non-hydrogen) atoms. The fraction of sp³-hybridized carbons (Fsp3) is 0.800. The van der Waals surface area contributed by atoms with E-state index < -0.39 is 6.04 Å². The van der Waals surface area contributed by atoms with Crippen molar-refractivity contribution in [3.63, 3.8) is 0 Å². The molecule has 2 atom stereocenters. The van der Waals surface area contributed by atoms with Crippen LogP contribution >= 0.6 is 0 Å². The predicted molar refractivity (Wildman–Crippen MR) is 81.6 cm³/mol. The first-order chi connectivity index (χ1) is 10.1. The van der Waals surface area contributed by atoms with Gasteiger partial charge in [-0.15, -0.1) is 10.2 Å². The van der Waals surface area contributed by atoms with Crippen LogP contribution in [0.5, 0.6) is 0 Å². The highest BCUT2D eigenvalue weighted by Gasteiger charge is 2.22. The average Bonchev–Trinajstić information content (AvgIpc) is 2.73. The fourth-order valence-corrected chi connectivity index (χ4v) is 2.77. The van der Waals surface area contributed by atoms with Gasteiger partial charge in [0.2, 0.25) is 5.91 Å². The van der Waals surface area contributed by atoms with Gasteiger partial charge in [0.05, 0.1) is 12.1 Å². The molecule has 0 radical (unpaired) electrons. The van der Waals surface area contributed by atoms with Crippen molar-refractivity contribution in [2.45, 2.75) is 77.4 Å². The Morgan fingerprint density at radius 1 is 1.38 bits per heavy atom. The Hall–Kier alpha value is -1.43. The number of aromatic nitrogens is 3. The number of nitrogens with zero attached hydrogens (tertiary/aromatic N) is 3. The molecule has 0 aliphatic carbocycles. The zero-order chi connectivity index (χ0) is 15.2. The third-order valence-electron chi connectivity index (χ3n) is 4.09. The number of hydrogen-bond donors (Lipinski definition) is 2. The molecule has 118 valence electrons. The number of fused-ring (bicyclic) bond motifs is 1. The normalized spacial score (nSPS) is 17.7. The molecule has 1 aliphatic heterocycles. The Morgan fingerprint density at radius 3 is 2.95 bits per heavy atom. The molecule has 0 bridgehead atoms. The zero-order valence-electron chi connectivity index (χ0n) is 13.1. The van der Waals surface area contributed by atoms with Gasteiger partial charge in [0.1, 0.15) is 5.82 Å². The Labute approximate surface area is 126 Å². The van der Waals surface area contributed by atoms with Gasteiger partial charge in [-0.3, -0.25) is 4.79 Å². The maximum Gasteiger partial charge on any atom is 0.237 e. The number of unbranched alkanes of at least 4 members (excludes halogenated alkanes) is 1. The van der Waals surface area contributed by atoms with Crippen molar-refractivity contribution in [2.75, 3.05) is 0 Å². The van der Waals surface area contributed by atoms with E-state index in [2.05, 4.69) is 27.0 Å². The highest BCUT2D eigenvalue weighted by Crippen LogP contribution is 2.18. The second-order valence-electron chi connectivity index (χ2n) is 5.92. The molecule has 0 saturated heterocycles. The predicted octanol–water partition coefficient (Wildman–Crippen LogP) is 1.70. The summed E-state index contributed by atoms with van der Waals surface area (Å²) in [4.78, 5) is 12.1. The Balaban J connectivity index is 1.98. The van der Waals surface area contributed by atoms with Crippen molar-refractivity contribution in [1.82, 2.24) is 20.1 Å². The number of carbonyl (C=O) groups excluding carboxylic acids is 1. The van der Waals surface area contributed by atoms with E-state index in [1.807, 2.05) is 6.92 Å². The van der Waals surface area contributed by atoms with Gasteiger partial charge in [0.25, 0.3) is 0 Å². The van der Waals surface area contributed by atoms with Crippen LogP contribution in [0.25, 0.3) is 0 Å². The van der Waals surface area contributed by atoms with E-state index in [0.717, 1.165) is 50.3 Å². The maximum atomic E-state index is 12.1. The van der Waals surface area contributed by atoms with E-state index in [4.69, 9.17) is 5.73 Å². The van der Waals surface area contributed by atoms with Gasteiger partial charge in [0.15, 0.2) is 5.82 Å². The molecule has 1 aromatic heterocycles. The molecule has 2 rings (SSSR count). The van der Waals surface area contributed by atoms with Crippen molar-refractivity contribution < 1.29 is 4.79 Å². The second kappa shape index (κ2) is 7.54. The smallest absolute Gasteiger partial charge is 0.237 e. The van der Waals surface area contributed by atoms with Crippen molar-refractivity contribution >= 4 is 5.91 Å². The van der Waals surface area contributed by atoms with E-state index in [-0.39, 0.29) is 11.9 Å². The lowest BCUT2D eigenvalue weighted by molar-refractivity contribution is -0.123. The number of hydrogen-bond acceptors (Lipinski definition) is 4.